The van der Waals surface area contributed by atoms with Crippen molar-refractivity contribution in [2.75, 3.05) is 24.2 Å². The number of carbonyl (C=O) groups is 1. The standard InChI is InChI=1S/C23H28N4O4S2/c1-5-27(6-2)33(29,30)20-9-7-8-18(14-20)22-25-26-23(31-22)32-15-21(28)24-19-12-10-17(11-13-19)16(3)4/h7-14,16H,5-6,15H2,1-4H3,(H,24,28). The van der Waals surface area contributed by atoms with Crippen LogP contribution in [0, 0.1) is 0 Å². The molecule has 176 valence electrons. The van der Waals surface area contributed by atoms with Crippen molar-refractivity contribution in [1.82, 2.24) is 14.5 Å². The fourth-order valence-corrected chi connectivity index (χ4v) is 5.23. The summed E-state index contributed by atoms with van der Waals surface area (Å²) in [6.07, 6.45) is 0. The third kappa shape index (κ3) is 6.21. The Bertz CT molecular complexity index is 1190. The van der Waals surface area contributed by atoms with Crippen molar-refractivity contribution in [2.24, 2.45) is 0 Å². The Morgan fingerprint density at radius 2 is 1.79 bits per heavy atom. The van der Waals surface area contributed by atoms with Gasteiger partial charge in [-0.25, -0.2) is 8.42 Å². The first-order valence-corrected chi connectivity index (χ1v) is 13.1. The van der Waals surface area contributed by atoms with Gasteiger partial charge in [0.05, 0.1) is 10.6 Å². The number of carbonyl (C=O) groups excluding carboxylic acids is 1. The highest BCUT2D eigenvalue weighted by Gasteiger charge is 2.22. The van der Waals surface area contributed by atoms with Gasteiger partial charge in [-0.1, -0.05) is 57.7 Å². The van der Waals surface area contributed by atoms with Crippen molar-refractivity contribution in [2.45, 2.75) is 43.7 Å². The van der Waals surface area contributed by atoms with E-state index in [1.807, 2.05) is 24.3 Å². The number of rotatable bonds is 10. The maximum absolute atomic E-state index is 12.8. The van der Waals surface area contributed by atoms with Crippen LogP contribution in [-0.2, 0) is 14.8 Å². The molecule has 33 heavy (non-hydrogen) atoms. The Balaban J connectivity index is 1.64. The molecule has 0 aliphatic rings. The molecule has 10 heteroatoms. The second-order valence-electron chi connectivity index (χ2n) is 7.60. The number of thioether (sulfide) groups is 1. The molecule has 0 aliphatic carbocycles. The van der Waals surface area contributed by atoms with Crippen molar-refractivity contribution in [1.29, 1.82) is 0 Å². The summed E-state index contributed by atoms with van der Waals surface area (Å²) >= 11 is 1.11. The number of aromatic nitrogens is 2. The Morgan fingerprint density at radius 3 is 2.42 bits per heavy atom. The van der Waals surface area contributed by atoms with Gasteiger partial charge in [0.25, 0.3) is 5.22 Å². The van der Waals surface area contributed by atoms with Gasteiger partial charge < -0.3 is 9.73 Å². The Hall–Kier alpha value is -2.69. The molecule has 8 nitrogen and oxygen atoms in total. The third-order valence-electron chi connectivity index (χ3n) is 5.02. The van der Waals surface area contributed by atoms with Crippen LogP contribution in [0.5, 0.6) is 0 Å². The van der Waals surface area contributed by atoms with Gasteiger partial charge in [-0.05, 0) is 41.8 Å². The van der Waals surface area contributed by atoms with E-state index in [-0.39, 0.29) is 27.7 Å². The molecule has 1 heterocycles. The summed E-state index contributed by atoms with van der Waals surface area (Å²) in [6.45, 7) is 8.58. The van der Waals surface area contributed by atoms with Crippen LogP contribution >= 0.6 is 11.8 Å². The van der Waals surface area contributed by atoms with E-state index >= 15 is 0 Å². The lowest BCUT2D eigenvalue weighted by molar-refractivity contribution is -0.113. The number of hydrogen-bond acceptors (Lipinski definition) is 7. The fourth-order valence-electron chi connectivity index (χ4n) is 3.16. The van der Waals surface area contributed by atoms with Gasteiger partial charge in [0.15, 0.2) is 0 Å². The molecular weight excluding hydrogens is 460 g/mol. The monoisotopic (exact) mass is 488 g/mol. The maximum atomic E-state index is 12.8. The first-order chi connectivity index (χ1) is 15.7. The van der Waals surface area contributed by atoms with Crippen molar-refractivity contribution < 1.29 is 17.6 Å². The fraction of sp³-hybridized carbons (Fsp3) is 0.348. The predicted molar refractivity (Wildman–Crippen MR) is 130 cm³/mol. The minimum Gasteiger partial charge on any atom is -0.411 e. The highest BCUT2D eigenvalue weighted by Crippen LogP contribution is 2.26. The van der Waals surface area contributed by atoms with Gasteiger partial charge in [-0.3, -0.25) is 4.79 Å². The molecule has 0 spiro atoms. The van der Waals surface area contributed by atoms with Crippen LogP contribution in [0.15, 0.2) is 63.1 Å². The zero-order valence-electron chi connectivity index (χ0n) is 19.1. The molecule has 1 N–H and O–H groups in total. The lowest BCUT2D eigenvalue weighted by Crippen LogP contribution is -2.30. The molecule has 0 radical (unpaired) electrons. The second-order valence-corrected chi connectivity index (χ2v) is 10.5. The molecule has 0 atom stereocenters. The summed E-state index contributed by atoms with van der Waals surface area (Å²) in [5, 5.41) is 11.0. The van der Waals surface area contributed by atoms with Crippen LogP contribution in [0.25, 0.3) is 11.5 Å². The van der Waals surface area contributed by atoms with Gasteiger partial charge in [0.1, 0.15) is 0 Å². The van der Waals surface area contributed by atoms with Crippen LogP contribution in [-0.4, -0.2) is 47.7 Å². The van der Waals surface area contributed by atoms with Gasteiger partial charge in [0, 0.05) is 24.3 Å². The number of benzene rings is 2. The molecule has 0 bridgehead atoms. The maximum Gasteiger partial charge on any atom is 0.277 e. The largest absolute Gasteiger partial charge is 0.411 e. The first-order valence-electron chi connectivity index (χ1n) is 10.7. The van der Waals surface area contributed by atoms with Crippen molar-refractivity contribution in [3.8, 4) is 11.5 Å². The Morgan fingerprint density at radius 1 is 1.09 bits per heavy atom. The number of anilines is 1. The van der Waals surface area contributed by atoms with Crippen LogP contribution in [0.2, 0.25) is 0 Å². The van der Waals surface area contributed by atoms with Crippen molar-refractivity contribution in [3.05, 3.63) is 54.1 Å². The van der Waals surface area contributed by atoms with E-state index in [9.17, 15) is 13.2 Å². The molecule has 1 aromatic heterocycles. The Labute approximate surface area is 198 Å². The molecule has 3 aromatic rings. The lowest BCUT2D eigenvalue weighted by atomic mass is 10.0. The molecule has 0 aliphatic heterocycles. The smallest absolute Gasteiger partial charge is 0.277 e. The predicted octanol–water partition coefficient (Wildman–Crippen LogP) is 4.62. The summed E-state index contributed by atoms with van der Waals surface area (Å²) in [6, 6.07) is 14.1. The highest BCUT2D eigenvalue weighted by molar-refractivity contribution is 7.99. The quantitative estimate of drug-likeness (QED) is 0.415. The van der Waals surface area contributed by atoms with Gasteiger partial charge in [0.2, 0.25) is 21.8 Å². The number of amides is 1. The third-order valence-corrected chi connectivity index (χ3v) is 7.88. The summed E-state index contributed by atoms with van der Waals surface area (Å²) in [5.41, 5.74) is 2.43. The van der Waals surface area contributed by atoms with Crippen molar-refractivity contribution in [3.63, 3.8) is 0 Å². The van der Waals surface area contributed by atoms with E-state index in [1.165, 1.54) is 15.9 Å². The SMILES string of the molecule is CCN(CC)S(=O)(=O)c1cccc(-c2nnc(SCC(=O)Nc3ccc(C(C)C)cc3)o2)c1. The number of nitrogens with one attached hydrogen (secondary N) is 1. The summed E-state index contributed by atoms with van der Waals surface area (Å²) < 4.78 is 32.6. The minimum atomic E-state index is -3.60. The molecule has 1 amide bonds. The van der Waals surface area contributed by atoms with Crippen LogP contribution in [0.1, 0.15) is 39.2 Å². The topological polar surface area (TPSA) is 105 Å². The summed E-state index contributed by atoms with van der Waals surface area (Å²) in [7, 11) is -3.60. The lowest BCUT2D eigenvalue weighted by Gasteiger charge is -2.18. The van der Waals surface area contributed by atoms with Crippen LogP contribution in [0.4, 0.5) is 5.69 Å². The zero-order chi connectivity index (χ0) is 24.0. The molecule has 0 fully saturated rings. The number of hydrogen-bond donors (Lipinski definition) is 1. The number of nitrogens with zero attached hydrogens (tertiary/aromatic N) is 3. The molecule has 0 saturated heterocycles. The zero-order valence-corrected chi connectivity index (χ0v) is 20.7. The van der Waals surface area contributed by atoms with Gasteiger partial charge in [-0.15, -0.1) is 10.2 Å². The van der Waals surface area contributed by atoms with E-state index in [0.717, 1.165) is 17.4 Å². The highest BCUT2D eigenvalue weighted by atomic mass is 32.2. The van der Waals surface area contributed by atoms with E-state index in [1.54, 1.807) is 32.0 Å². The molecular formula is C23H28N4O4S2. The van der Waals surface area contributed by atoms with Crippen molar-refractivity contribution >= 4 is 33.4 Å². The van der Waals surface area contributed by atoms with E-state index in [2.05, 4.69) is 29.4 Å². The van der Waals surface area contributed by atoms with Crippen LogP contribution < -0.4 is 5.32 Å². The molecule has 2 aromatic carbocycles. The summed E-state index contributed by atoms with van der Waals surface area (Å²) in [5.74, 6) is 0.530. The summed E-state index contributed by atoms with van der Waals surface area (Å²) in [4.78, 5) is 12.4. The van der Waals surface area contributed by atoms with Crippen LogP contribution in [0.3, 0.4) is 0 Å². The second kappa shape index (κ2) is 11.0. The molecule has 0 unspecified atom stereocenters. The first kappa shape index (κ1) is 24.9. The normalized spacial score (nSPS) is 11.8. The van der Waals surface area contributed by atoms with E-state index in [0.29, 0.717) is 24.6 Å². The van der Waals surface area contributed by atoms with E-state index < -0.39 is 10.0 Å². The average molecular weight is 489 g/mol. The van der Waals surface area contributed by atoms with Gasteiger partial charge >= 0.3 is 0 Å². The molecule has 0 saturated carbocycles. The van der Waals surface area contributed by atoms with E-state index in [4.69, 9.17) is 4.42 Å². The Kier molecular flexibility index (Phi) is 8.28. The average Bonchev–Trinajstić information content (AvgIpc) is 3.28. The van der Waals surface area contributed by atoms with Gasteiger partial charge in [-0.2, -0.15) is 4.31 Å². The minimum absolute atomic E-state index is 0.101. The molecule has 3 rings (SSSR count). The number of sulfonamides is 1.